The highest BCUT2D eigenvalue weighted by Gasteiger charge is 2.25. The van der Waals surface area contributed by atoms with Crippen molar-refractivity contribution in [3.05, 3.63) is 23.7 Å². The topological polar surface area (TPSA) is 45.4 Å². The summed E-state index contributed by atoms with van der Waals surface area (Å²) in [4.78, 5) is 0. The normalized spacial score (nSPS) is 27.2. The minimum Gasteiger partial charge on any atom is -0.465 e. The van der Waals surface area contributed by atoms with Crippen molar-refractivity contribution >= 4 is 0 Å². The Morgan fingerprint density at radius 1 is 1.50 bits per heavy atom. The molecule has 1 aromatic heterocycles. The van der Waals surface area contributed by atoms with Crippen molar-refractivity contribution in [2.24, 2.45) is 5.92 Å². The summed E-state index contributed by atoms with van der Waals surface area (Å²) in [6.45, 7) is 4.93. The number of hydrogen-bond acceptors (Lipinski definition) is 3. The van der Waals surface area contributed by atoms with E-state index in [1.165, 1.54) is 0 Å². The fourth-order valence-electron chi connectivity index (χ4n) is 2.37. The fraction of sp³-hybridized carbons (Fsp3) is 0.692. The van der Waals surface area contributed by atoms with Gasteiger partial charge in [-0.15, -0.1) is 0 Å². The van der Waals surface area contributed by atoms with Crippen molar-refractivity contribution in [1.82, 2.24) is 5.32 Å². The molecular formula is C13H21NO2. The van der Waals surface area contributed by atoms with E-state index in [4.69, 9.17) is 4.42 Å². The zero-order valence-electron chi connectivity index (χ0n) is 10.1. The summed E-state index contributed by atoms with van der Waals surface area (Å²) < 4.78 is 5.56. The first kappa shape index (κ1) is 11.7. The molecule has 1 aliphatic carbocycles. The summed E-state index contributed by atoms with van der Waals surface area (Å²) in [5.41, 5.74) is 0. The SMILES string of the molecule is Cc1ccc(C(C)NCC2CCCC2O)o1. The van der Waals surface area contributed by atoms with Gasteiger partial charge in [-0.25, -0.2) is 0 Å². The molecule has 3 heteroatoms. The second-order valence-corrected chi connectivity index (χ2v) is 4.84. The van der Waals surface area contributed by atoms with Gasteiger partial charge < -0.3 is 14.8 Å². The van der Waals surface area contributed by atoms with Crippen LogP contribution in [0.3, 0.4) is 0 Å². The van der Waals surface area contributed by atoms with Gasteiger partial charge in [-0.1, -0.05) is 6.42 Å². The molecule has 1 aliphatic rings. The van der Waals surface area contributed by atoms with E-state index in [0.717, 1.165) is 37.3 Å². The van der Waals surface area contributed by atoms with E-state index in [0.29, 0.717) is 5.92 Å². The molecule has 3 unspecified atom stereocenters. The molecule has 0 spiro atoms. The molecule has 1 aromatic rings. The maximum absolute atomic E-state index is 9.71. The van der Waals surface area contributed by atoms with Gasteiger partial charge in [-0.2, -0.15) is 0 Å². The summed E-state index contributed by atoms with van der Waals surface area (Å²) in [6.07, 6.45) is 3.14. The molecule has 1 heterocycles. The van der Waals surface area contributed by atoms with E-state index < -0.39 is 0 Å². The molecule has 1 saturated carbocycles. The van der Waals surface area contributed by atoms with Crippen LogP contribution in [0.5, 0.6) is 0 Å². The van der Waals surface area contributed by atoms with Gasteiger partial charge in [0.2, 0.25) is 0 Å². The summed E-state index contributed by atoms with van der Waals surface area (Å²) >= 11 is 0. The molecule has 1 fully saturated rings. The minimum atomic E-state index is -0.113. The van der Waals surface area contributed by atoms with Crippen molar-refractivity contribution in [3.63, 3.8) is 0 Å². The highest BCUT2D eigenvalue weighted by atomic mass is 16.3. The third-order valence-corrected chi connectivity index (χ3v) is 3.49. The van der Waals surface area contributed by atoms with Crippen molar-refractivity contribution in [2.45, 2.75) is 45.3 Å². The molecule has 0 saturated heterocycles. The maximum atomic E-state index is 9.71. The zero-order chi connectivity index (χ0) is 11.5. The molecule has 3 nitrogen and oxygen atoms in total. The van der Waals surface area contributed by atoms with Crippen molar-refractivity contribution < 1.29 is 9.52 Å². The third-order valence-electron chi connectivity index (χ3n) is 3.49. The van der Waals surface area contributed by atoms with E-state index in [-0.39, 0.29) is 12.1 Å². The van der Waals surface area contributed by atoms with E-state index in [2.05, 4.69) is 12.2 Å². The van der Waals surface area contributed by atoms with Crippen LogP contribution in [0.1, 0.15) is 43.7 Å². The van der Waals surface area contributed by atoms with Gasteiger partial charge >= 0.3 is 0 Å². The van der Waals surface area contributed by atoms with Gasteiger partial charge in [0.05, 0.1) is 12.1 Å². The number of aryl methyl sites for hydroxylation is 1. The van der Waals surface area contributed by atoms with Crippen molar-refractivity contribution in [2.75, 3.05) is 6.54 Å². The predicted octanol–water partition coefficient (Wildman–Crippen LogP) is 2.40. The van der Waals surface area contributed by atoms with Crippen LogP contribution in [0.4, 0.5) is 0 Å². The van der Waals surface area contributed by atoms with Crippen molar-refractivity contribution in [1.29, 1.82) is 0 Å². The summed E-state index contributed by atoms with van der Waals surface area (Å²) in [6, 6.07) is 4.22. The lowest BCUT2D eigenvalue weighted by atomic mass is 10.1. The minimum absolute atomic E-state index is 0.113. The van der Waals surface area contributed by atoms with Crippen LogP contribution < -0.4 is 5.32 Å². The number of nitrogens with one attached hydrogen (secondary N) is 1. The molecule has 2 rings (SSSR count). The van der Waals surface area contributed by atoms with E-state index >= 15 is 0 Å². The Kier molecular flexibility index (Phi) is 3.66. The lowest BCUT2D eigenvalue weighted by molar-refractivity contribution is 0.129. The molecule has 0 radical (unpaired) electrons. The van der Waals surface area contributed by atoms with Gasteiger partial charge in [0.25, 0.3) is 0 Å². The lowest BCUT2D eigenvalue weighted by Crippen LogP contribution is -2.29. The van der Waals surface area contributed by atoms with Crippen LogP contribution in [-0.2, 0) is 0 Å². The lowest BCUT2D eigenvalue weighted by Gasteiger charge is -2.18. The Labute approximate surface area is 96.8 Å². The first-order valence-electron chi connectivity index (χ1n) is 6.14. The Hall–Kier alpha value is -0.800. The van der Waals surface area contributed by atoms with Gasteiger partial charge in [-0.05, 0) is 44.7 Å². The van der Waals surface area contributed by atoms with Crippen LogP contribution in [0.25, 0.3) is 0 Å². The Morgan fingerprint density at radius 2 is 2.31 bits per heavy atom. The Morgan fingerprint density at radius 3 is 2.88 bits per heavy atom. The van der Waals surface area contributed by atoms with E-state index in [9.17, 15) is 5.11 Å². The smallest absolute Gasteiger partial charge is 0.120 e. The van der Waals surface area contributed by atoms with Gasteiger partial charge in [-0.3, -0.25) is 0 Å². The highest BCUT2D eigenvalue weighted by Crippen LogP contribution is 2.25. The average Bonchev–Trinajstić information content (AvgIpc) is 2.84. The maximum Gasteiger partial charge on any atom is 0.120 e. The summed E-state index contributed by atoms with van der Waals surface area (Å²) in [7, 11) is 0. The first-order valence-corrected chi connectivity index (χ1v) is 6.14. The Bertz CT molecular complexity index is 334. The number of hydrogen-bond donors (Lipinski definition) is 2. The zero-order valence-corrected chi connectivity index (χ0v) is 10.1. The predicted molar refractivity (Wildman–Crippen MR) is 63.2 cm³/mol. The van der Waals surface area contributed by atoms with E-state index in [1.807, 2.05) is 19.1 Å². The summed E-state index contributed by atoms with van der Waals surface area (Å²) in [5, 5.41) is 13.1. The monoisotopic (exact) mass is 223 g/mol. The van der Waals surface area contributed by atoms with Gasteiger partial charge in [0, 0.05) is 6.54 Å². The first-order chi connectivity index (χ1) is 7.66. The average molecular weight is 223 g/mol. The van der Waals surface area contributed by atoms with Crippen LogP contribution in [0.2, 0.25) is 0 Å². The fourth-order valence-corrected chi connectivity index (χ4v) is 2.37. The summed E-state index contributed by atoms with van der Waals surface area (Å²) in [5.74, 6) is 2.34. The second-order valence-electron chi connectivity index (χ2n) is 4.84. The molecule has 0 bridgehead atoms. The van der Waals surface area contributed by atoms with E-state index in [1.54, 1.807) is 0 Å². The third kappa shape index (κ3) is 2.66. The molecular weight excluding hydrogens is 202 g/mol. The quantitative estimate of drug-likeness (QED) is 0.824. The standard InChI is InChI=1S/C13H21NO2/c1-9-6-7-13(16-9)10(2)14-8-11-4-3-5-12(11)15/h6-7,10-12,14-15H,3-5,8H2,1-2H3. The molecule has 0 amide bonds. The highest BCUT2D eigenvalue weighted by molar-refractivity contribution is 5.08. The molecule has 0 aromatic carbocycles. The van der Waals surface area contributed by atoms with Crippen molar-refractivity contribution in [3.8, 4) is 0 Å². The van der Waals surface area contributed by atoms with Crippen LogP contribution in [0, 0.1) is 12.8 Å². The number of aliphatic hydroxyl groups excluding tert-OH is 1. The van der Waals surface area contributed by atoms with Crippen LogP contribution in [-0.4, -0.2) is 17.8 Å². The largest absolute Gasteiger partial charge is 0.465 e. The number of rotatable bonds is 4. The molecule has 3 atom stereocenters. The second kappa shape index (κ2) is 5.02. The molecule has 90 valence electrons. The van der Waals surface area contributed by atoms with Gasteiger partial charge in [0.1, 0.15) is 11.5 Å². The van der Waals surface area contributed by atoms with Crippen LogP contribution >= 0.6 is 0 Å². The number of furan rings is 1. The van der Waals surface area contributed by atoms with Gasteiger partial charge in [0.15, 0.2) is 0 Å². The molecule has 2 N–H and O–H groups in total. The Balaban J connectivity index is 1.81. The molecule has 0 aliphatic heterocycles. The van der Waals surface area contributed by atoms with Crippen LogP contribution in [0.15, 0.2) is 16.5 Å². The number of aliphatic hydroxyl groups is 1. The molecule has 16 heavy (non-hydrogen) atoms.